The second-order valence-corrected chi connectivity index (χ2v) is 11.6. The quantitative estimate of drug-likeness (QED) is 0.235. The Morgan fingerprint density at radius 1 is 0.791 bits per heavy atom. The van der Waals surface area contributed by atoms with Gasteiger partial charge in [-0.2, -0.15) is 0 Å². The zero-order chi connectivity index (χ0) is 30.4. The van der Waals surface area contributed by atoms with Crippen molar-refractivity contribution in [1.29, 1.82) is 0 Å². The molecule has 2 fully saturated rings. The summed E-state index contributed by atoms with van der Waals surface area (Å²) in [6.07, 6.45) is 11.2. The van der Waals surface area contributed by atoms with E-state index in [1.54, 1.807) is 11.0 Å². The minimum Gasteiger partial charge on any atom is -0.494 e. The Labute approximate surface area is 254 Å². The van der Waals surface area contributed by atoms with Gasteiger partial charge >= 0.3 is 11.9 Å². The van der Waals surface area contributed by atoms with Crippen molar-refractivity contribution in [2.24, 2.45) is 5.92 Å². The SMILES string of the molecule is O=C(O)c1ccc(OCCCc2ccc(OCCCCOC3CCCCC3)cc2)c(CC(=O)N2CCC(C(=O)O)CC2)c1. The molecular formula is C34H45NO8. The normalized spacial score (nSPS) is 16.1. The lowest BCUT2D eigenvalue weighted by atomic mass is 9.96. The molecule has 1 amide bonds. The number of likely N-dealkylation sites (tertiary alicyclic amines) is 1. The van der Waals surface area contributed by atoms with Gasteiger partial charge in [-0.15, -0.1) is 0 Å². The highest BCUT2D eigenvalue weighted by molar-refractivity contribution is 5.89. The standard InChI is InChI=1S/C34H45NO8/c36-32(35-18-16-26(17-19-35)33(37)38)24-28-23-27(34(39)40)12-15-31(28)43-22-6-7-25-10-13-30(14-11-25)42-21-5-4-20-41-29-8-2-1-3-9-29/h10-15,23,26,29H,1-9,16-22,24H2,(H,37,38)(H,39,40). The lowest BCUT2D eigenvalue weighted by Gasteiger charge is -2.30. The number of carbonyl (C=O) groups is 3. The van der Waals surface area contributed by atoms with Crippen molar-refractivity contribution >= 4 is 17.8 Å². The van der Waals surface area contributed by atoms with E-state index in [1.165, 1.54) is 49.8 Å². The summed E-state index contributed by atoms with van der Waals surface area (Å²) in [4.78, 5) is 37.4. The van der Waals surface area contributed by atoms with Gasteiger partial charge in [0.25, 0.3) is 0 Å². The summed E-state index contributed by atoms with van der Waals surface area (Å²) in [5.41, 5.74) is 1.78. The van der Waals surface area contributed by atoms with Gasteiger partial charge in [-0.3, -0.25) is 9.59 Å². The number of aromatic carboxylic acids is 1. The number of aliphatic carboxylic acids is 1. The maximum atomic E-state index is 13.0. The number of carboxylic acids is 2. The number of amides is 1. The van der Waals surface area contributed by atoms with Gasteiger partial charge in [0.15, 0.2) is 0 Å². The molecule has 0 aromatic heterocycles. The van der Waals surface area contributed by atoms with Crippen LogP contribution in [0.2, 0.25) is 0 Å². The van der Waals surface area contributed by atoms with E-state index in [1.807, 2.05) is 12.1 Å². The summed E-state index contributed by atoms with van der Waals surface area (Å²) in [7, 11) is 0. The van der Waals surface area contributed by atoms with Crippen LogP contribution in [0.15, 0.2) is 42.5 Å². The molecule has 1 aliphatic heterocycles. The molecule has 234 valence electrons. The molecule has 9 heteroatoms. The molecule has 0 spiro atoms. The van der Waals surface area contributed by atoms with Gasteiger partial charge in [0.1, 0.15) is 11.5 Å². The molecule has 9 nitrogen and oxygen atoms in total. The summed E-state index contributed by atoms with van der Waals surface area (Å²) in [6.45, 7) is 2.66. The number of hydrogen-bond acceptors (Lipinski definition) is 6. The molecule has 2 aromatic rings. The lowest BCUT2D eigenvalue weighted by molar-refractivity contribution is -0.145. The van der Waals surface area contributed by atoms with Crippen molar-refractivity contribution in [1.82, 2.24) is 4.90 Å². The van der Waals surface area contributed by atoms with E-state index in [-0.39, 0.29) is 17.9 Å². The summed E-state index contributed by atoms with van der Waals surface area (Å²) in [5, 5.41) is 18.7. The highest BCUT2D eigenvalue weighted by Crippen LogP contribution is 2.25. The van der Waals surface area contributed by atoms with Crippen LogP contribution >= 0.6 is 0 Å². The van der Waals surface area contributed by atoms with Gasteiger partial charge in [0.05, 0.1) is 37.2 Å². The smallest absolute Gasteiger partial charge is 0.335 e. The lowest BCUT2D eigenvalue weighted by Crippen LogP contribution is -2.41. The van der Waals surface area contributed by atoms with E-state index in [9.17, 15) is 24.6 Å². The minimum atomic E-state index is -1.07. The van der Waals surface area contributed by atoms with Crippen LogP contribution in [-0.2, 0) is 27.2 Å². The summed E-state index contributed by atoms with van der Waals surface area (Å²) in [6, 6.07) is 12.7. The molecule has 1 heterocycles. The molecule has 1 aliphatic carbocycles. The van der Waals surface area contributed by atoms with Crippen molar-refractivity contribution in [2.75, 3.05) is 32.9 Å². The first-order valence-electron chi connectivity index (χ1n) is 15.7. The van der Waals surface area contributed by atoms with E-state index in [0.717, 1.165) is 38.0 Å². The summed E-state index contributed by atoms with van der Waals surface area (Å²) < 4.78 is 17.9. The second kappa shape index (κ2) is 16.9. The topological polar surface area (TPSA) is 123 Å². The Hall–Kier alpha value is -3.59. The number of carbonyl (C=O) groups excluding carboxylic acids is 1. The fraction of sp³-hybridized carbons (Fsp3) is 0.559. The predicted molar refractivity (Wildman–Crippen MR) is 162 cm³/mol. The Balaban J connectivity index is 1.17. The van der Waals surface area contributed by atoms with Crippen LogP contribution in [0.3, 0.4) is 0 Å². The molecule has 2 aliphatic rings. The average molecular weight is 596 g/mol. The van der Waals surface area contributed by atoms with Gasteiger partial charge in [-0.25, -0.2) is 4.79 Å². The zero-order valence-electron chi connectivity index (χ0n) is 25.0. The van der Waals surface area contributed by atoms with E-state index < -0.39 is 17.9 Å². The molecule has 0 bridgehead atoms. The molecule has 43 heavy (non-hydrogen) atoms. The molecule has 1 saturated heterocycles. The van der Waals surface area contributed by atoms with Crippen LogP contribution in [0, 0.1) is 5.92 Å². The Kier molecular flexibility index (Phi) is 12.7. The van der Waals surface area contributed by atoms with E-state index >= 15 is 0 Å². The zero-order valence-corrected chi connectivity index (χ0v) is 25.0. The number of piperidine rings is 1. The van der Waals surface area contributed by atoms with Gasteiger partial charge in [0.2, 0.25) is 5.91 Å². The van der Waals surface area contributed by atoms with Crippen LogP contribution in [0.25, 0.3) is 0 Å². The van der Waals surface area contributed by atoms with Crippen molar-refractivity contribution in [3.8, 4) is 11.5 Å². The fourth-order valence-corrected chi connectivity index (χ4v) is 5.73. The van der Waals surface area contributed by atoms with E-state index in [0.29, 0.717) is 56.6 Å². The van der Waals surface area contributed by atoms with Crippen LogP contribution in [0.5, 0.6) is 11.5 Å². The van der Waals surface area contributed by atoms with Gasteiger partial charge in [0, 0.05) is 25.3 Å². The van der Waals surface area contributed by atoms with Crippen molar-refractivity contribution in [3.05, 3.63) is 59.2 Å². The highest BCUT2D eigenvalue weighted by Gasteiger charge is 2.27. The largest absolute Gasteiger partial charge is 0.494 e. The number of nitrogens with zero attached hydrogens (tertiary/aromatic N) is 1. The van der Waals surface area contributed by atoms with E-state index in [2.05, 4.69) is 12.1 Å². The molecule has 0 unspecified atom stereocenters. The van der Waals surface area contributed by atoms with Crippen LogP contribution in [0.1, 0.15) is 85.7 Å². The monoisotopic (exact) mass is 595 g/mol. The molecule has 0 radical (unpaired) electrons. The third kappa shape index (κ3) is 10.6. The highest BCUT2D eigenvalue weighted by atomic mass is 16.5. The minimum absolute atomic E-state index is 0.00317. The number of carboxylic acid groups (broad SMARTS) is 2. The molecular weight excluding hydrogens is 550 g/mol. The van der Waals surface area contributed by atoms with Gasteiger partial charge in [-0.1, -0.05) is 31.4 Å². The van der Waals surface area contributed by atoms with Gasteiger partial charge < -0.3 is 29.3 Å². The van der Waals surface area contributed by atoms with Crippen LogP contribution < -0.4 is 9.47 Å². The Bertz CT molecular complexity index is 1180. The van der Waals surface area contributed by atoms with Crippen LogP contribution in [0.4, 0.5) is 0 Å². The first-order chi connectivity index (χ1) is 20.9. The molecule has 2 N–H and O–H groups in total. The average Bonchev–Trinajstić information content (AvgIpc) is 3.02. The first kappa shape index (κ1) is 32.3. The van der Waals surface area contributed by atoms with Crippen LogP contribution in [-0.4, -0.2) is 72.0 Å². The molecule has 1 saturated carbocycles. The van der Waals surface area contributed by atoms with E-state index in [4.69, 9.17) is 14.2 Å². The number of ether oxygens (including phenoxy) is 3. The second-order valence-electron chi connectivity index (χ2n) is 11.6. The van der Waals surface area contributed by atoms with Crippen molar-refractivity contribution < 1.29 is 38.8 Å². The number of hydrogen-bond donors (Lipinski definition) is 2. The fourth-order valence-electron chi connectivity index (χ4n) is 5.73. The summed E-state index contributed by atoms with van der Waals surface area (Å²) in [5.74, 6) is -1.14. The van der Waals surface area contributed by atoms with Gasteiger partial charge in [-0.05, 0) is 87.3 Å². The maximum absolute atomic E-state index is 13.0. The number of benzene rings is 2. The Morgan fingerprint density at radius 3 is 2.19 bits per heavy atom. The molecule has 2 aromatic carbocycles. The third-order valence-corrected chi connectivity index (χ3v) is 8.35. The predicted octanol–water partition coefficient (Wildman–Crippen LogP) is 5.77. The number of unbranched alkanes of at least 4 members (excludes halogenated alkanes) is 1. The maximum Gasteiger partial charge on any atom is 0.335 e. The molecule has 4 rings (SSSR count). The first-order valence-corrected chi connectivity index (χ1v) is 15.7. The molecule has 0 atom stereocenters. The van der Waals surface area contributed by atoms with Crippen molar-refractivity contribution in [3.63, 3.8) is 0 Å². The number of rotatable bonds is 16. The summed E-state index contributed by atoms with van der Waals surface area (Å²) >= 11 is 0. The number of aryl methyl sites for hydroxylation is 1. The van der Waals surface area contributed by atoms with Crippen molar-refractivity contribution in [2.45, 2.75) is 83.2 Å². The third-order valence-electron chi connectivity index (χ3n) is 8.35. The Morgan fingerprint density at radius 2 is 1.49 bits per heavy atom.